The molecule has 7 nitrogen and oxygen atoms in total. The van der Waals surface area contributed by atoms with E-state index in [0.717, 1.165) is 47.8 Å². The van der Waals surface area contributed by atoms with Crippen LogP contribution >= 0.6 is 0 Å². The third-order valence-electron chi connectivity index (χ3n) is 6.66. The molecule has 2 amide bonds. The van der Waals surface area contributed by atoms with Gasteiger partial charge in [-0.25, -0.2) is 4.98 Å². The largest absolute Gasteiger partial charge is 0.464 e. The summed E-state index contributed by atoms with van der Waals surface area (Å²) in [6.45, 7) is 3.62. The van der Waals surface area contributed by atoms with Crippen LogP contribution in [0.2, 0.25) is 0 Å². The number of hydrogen-bond donors (Lipinski definition) is 0. The van der Waals surface area contributed by atoms with Crippen LogP contribution in [0.1, 0.15) is 48.9 Å². The molecule has 0 radical (unpaired) electrons. The maximum absolute atomic E-state index is 13.5. The van der Waals surface area contributed by atoms with Gasteiger partial charge >= 0.3 is 0 Å². The molecule has 2 aromatic heterocycles. The second kappa shape index (κ2) is 7.87. The SMILES string of the molecule is Cc1ccc(CN2C(=O)CCC2C(=O)N2CCCC(c3nc4ccccc4n3C)C2)o1. The van der Waals surface area contributed by atoms with E-state index in [1.807, 2.05) is 49.2 Å². The van der Waals surface area contributed by atoms with E-state index in [0.29, 0.717) is 25.9 Å². The zero-order chi connectivity index (χ0) is 21.5. The minimum Gasteiger partial charge on any atom is -0.464 e. The van der Waals surface area contributed by atoms with Crippen molar-refractivity contribution in [1.29, 1.82) is 0 Å². The number of nitrogens with zero attached hydrogens (tertiary/aromatic N) is 4. The molecule has 0 saturated carbocycles. The van der Waals surface area contributed by atoms with Crippen molar-refractivity contribution in [1.82, 2.24) is 19.4 Å². The smallest absolute Gasteiger partial charge is 0.245 e. The van der Waals surface area contributed by atoms with Crippen LogP contribution in [0.15, 0.2) is 40.8 Å². The molecule has 4 heterocycles. The number of piperidine rings is 1. The van der Waals surface area contributed by atoms with Crippen LogP contribution in [0, 0.1) is 6.92 Å². The Labute approximate surface area is 181 Å². The minimum atomic E-state index is -0.405. The standard InChI is InChI=1S/C24H28N4O3/c1-16-9-10-18(31-16)15-28-21(11-12-22(28)29)24(30)27-13-5-6-17(14-27)23-25-19-7-3-4-8-20(19)26(23)2/h3-4,7-10,17,21H,5-6,11-15H2,1-2H3. The zero-order valence-electron chi connectivity index (χ0n) is 18.1. The highest BCUT2D eigenvalue weighted by atomic mass is 16.3. The number of carbonyl (C=O) groups is 2. The van der Waals surface area contributed by atoms with Gasteiger partial charge in [-0.05, 0) is 50.5 Å². The van der Waals surface area contributed by atoms with E-state index in [1.54, 1.807) is 4.90 Å². The van der Waals surface area contributed by atoms with Crippen molar-refractivity contribution in [3.63, 3.8) is 0 Å². The van der Waals surface area contributed by atoms with Crippen LogP contribution in [0.4, 0.5) is 0 Å². The van der Waals surface area contributed by atoms with E-state index in [1.165, 1.54) is 0 Å². The summed E-state index contributed by atoms with van der Waals surface area (Å²) in [5, 5.41) is 0. The Kier molecular flexibility index (Phi) is 5.04. The molecule has 1 aromatic carbocycles. The highest BCUT2D eigenvalue weighted by molar-refractivity contribution is 5.91. The van der Waals surface area contributed by atoms with Crippen molar-refractivity contribution in [3.05, 3.63) is 53.7 Å². The lowest BCUT2D eigenvalue weighted by molar-refractivity contribution is -0.142. The molecule has 5 rings (SSSR count). The van der Waals surface area contributed by atoms with Gasteiger partial charge in [0.1, 0.15) is 23.4 Å². The first kappa shape index (κ1) is 19.8. The third-order valence-corrected chi connectivity index (χ3v) is 6.66. The van der Waals surface area contributed by atoms with Gasteiger partial charge in [0.05, 0.1) is 17.6 Å². The van der Waals surface area contributed by atoms with E-state index in [9.17, 15) is 9.59 Å². The summed E-state index contributed by atoms with van der Waals surface area (Å²) in [4.78, 5) is 34.5. The van der Waals surface area contributed by atoms with Gasteiger partial charge in [0.2, 0.25) is 11.8 Å². The predicted molar refractivity (Wildman–Crippen MR) is 116 cm³/mol. The molecule has 0 spiro atoms. The second-order valence-electron chi connectivity index (χ2n) is 8.73. The summed E-state index contributed by atoms with van der Waals surface area (Å²) in [6, 6.07) is 11.5. The first-order chi connectivity index (χ1) is 15.0. The van der Waals surface area contributed by atoms with E-state index < -0.39 is 6.04 Å². The van der Waals surface area contributed by atoms with Crippen molar-refractivity contribution < 1.29 is 14.0 Å². The monoisotopic (exact) mass is 420 g/mol. The molecular formula is C24H28N4O3. The van der Waals surface area contributed by atoms with Gasteiger partial charge in [0.25, 0.3) is 0 Å². The highest BCUT2D eigenvalue weighted by Crippen LogP contribution is 2.31. The fraction of sp³-hybridized carbons (Fsp3) is 0.458. The number of para-hydroxylation sites is 2. The van der Waals surface area contributed by atoms with E-state index in [4.69, 9.17) is 9.40 Å². The summed E-state index contributed by atoms with van der Waals surface area (Å²) in [7, 11) is 2.05. The summed E-state index contributed by atoms with van der Waals surface area (Å²) in [5.74, 6) is 2.85. The fourth-order valence-corrected chi connectivity index (χ4v) is 5.05. The molecule has 0 bridgehead atoms. The number of carbonyl (C=O) groups excluding carboxylic acids is 2. The average Bonchev–Trinajstić information content (AvgIpc) is 3.46. The molecule has 2 aliphatic rings. The molecule has 2 saturated heterocycles. The summed E-state index contributed by atoms with van der Waals surface area (Å²) in [6.07, 6.45) is 2.94. The van der Waals surface area contributed by atoms with Gasteiger partial charge in [-0.2, -0.15) is 0 Å². The van der Waals surface area contributed by atoms with Crippen LogP contribution in [-0.2, 0) is 23.2 Å². The Balaban J connectivity index is 1.33. The molecule has 2 unspecified atom stereocenters. The lowest BCUT2D eigenvalue weighted by Crippen LogP contribution is -2.49. The number of fused-ring (bicyclic) bond motifs is 1. The summed E-state index contributed by atoms with van der Waals surface area (Å²) >= 11 is 0. The summed E-state index contributed by atoms with van der Waals surface area (Å²) in [5.41, 5.74) is 2.10. The molecular weight excluding hydrogens is 392 g/mol. The van der Waals surface area contributed by atoms with Crippen molar-refractivity contribution in [2.24, 2.45) is 7.05 Å². The number of imidazole rings is 1. The number of aryl methyl sites for hydroxylation is 2. The lowest BCUT2D eigenvalue weighted by atomic mass is 9.96. The fourth-order valence-electron chi connectivity index (χ4n) is 5.05. The number of furan rings is 1. The van der Waals surface area contributed by atoms with E-state index in [2.05, 4.69) is 10.6 Å². The molecule has 7 heteroatoms. The maximum atomic E-state index is 13.5. The Hall–Kier alpha value is -3.09. The highest BCUT2D eigenvalue weighted by Gasteiger charge is 2.40. The predicted octanol–water partition coefficient (Wildman–Crippen LogP) is 3.37. The molecule has 31 heavy (non-hydrogen) atoms. The Morgan fingerprint density at radius 1 is 1.19 bits per heavy atom. The quantitative estimate of drug-likeness (QED) is 0.649. The molecule has 0 N–H and O–H groups in total. The first-order valence-electron chi connectivity index (χ1n) is 11.1. The average molecular weight is 421 g/mol. The number of rotatable bonds is 4. The van der Waals surface area contributed by atoms with Crippen LogP contribution in [0.3, 0.4) is 0 Å². The van der Waals surface area contributed by atoms with Crippen LogP contribution < -0.4 is 0 Å². The minimum absolute atomic E-state index is 0.0244. The van der Waals surface area contributed by atoms with E-state index in [-0.39, 0.29) is 17.7 Å². The number of aromatic nitrogens is 2. The molecule has 3 aromatic rings. The normalized spacial score (nSPS) is 21.9. The van der Waals surface area contributed by atoms with Crippen LogP contribution in [0.5, 0.6) is 0 Å². The van der Waals surface area contributed by atoms with Crippen molar-refractivity contribution in [2.45, 2.75) is 51.1 Å². The van der Waals surface area contributed by atoms with Crippen molar-refractivity contribution in [2.75, 3.05) is 13.1 Å². The van der Waals surface area contributed by atoms with Gasteiger partial charge in [0, 0.05) is 32.5 Å². The number of hydrogen-bond acceptors (Lipinski definition) is 4. The van der Waals surface area contributed by atoms with Gasteiger partial charge in [0.15, 0.2) is 0 Å². The van der Waals surface area contributed by atoms with Gasteiger partial charge in [-0.1, -0.05) is 12.1 Å². The summed E-state index contributed by atoms with van der Waals surface area (Å²) < 4.78 is 7.81. The molecule has 2 atom stereocenters. The van der Waals surface area contributed by atoms with Crippen molar-refractivity contribution in [3.8, 4) is 0 Å². The topological polar surface area (TPSA) is 71.6 Å². The van der Waals surface area contributed by atoms with Gasteiger partial charge < -0.3 is 18.8 Å². The first-order valence-corrected chi connectivity index (χ1v) is 11.1. The zero-order valence-corrected chi connectivity index (χ0v) is 18.1. The van der Waals surface area contributed by atoms with Gasteiger partial charge in [-0.3, -0.25) is 9.59 Å². The van der Waals surface area contributed by atoms with E-state index >= 15 is 0 Å². The lowest BCUT2D eigenvalue weighted by Gasteiger charge is -2.35. The number of benzene rings is 1. The van der Waals surface area contributed by atoms with Gasteiger partial charge in [-0.15, -0.1) is 0 Å². The Morgan fingerprint density at radius 3 is 2.81 bits per heavy atom. The molecule has 2 aliphatic heterocycles. The third kappa shape index (κ3) is 3.62. The maximum Gasteiger partial charge on any atom is 0.245 e. The Bertz CT molecular complexity index is 1130. The molecule has 0 aliphatic carbocycles. The Morgan fingerprint density at radius 2 is 2.03 bits per heavy atom. The van der Waals surface area contributed by atoms with Crippen LogP contribution in [-0.4, -0.2) is 50.3 Å². The number of amides is 2. The van der Waals surface area contributed by atoms with Crippen LogP contribution in [0.25, 0.3) is 11.0 Å². The second-order valence-corrected chi connectivity index (χ2v) is 8.73. The molecule has 2 fully saturated rings. The molecule has 162 valence electrons. The van der Waals surface area contributed by atoms with Crippen molar-refractivity contribution >= 4 is 22.8 Å². The number of likely N-dealkylation sites (tertiary alicyclic amines) is 2.